The second-order valence-corrected chi connectivity index (χ2v) is 9.49. The van der Waals surface area contributed by atoms with Crippen LogP contribution in [-0.4, -0.2) is 48.0 Å². The van der Waals surface area contributed by atoms with Gasteiger partial charge < -0.3 is 19.7 Å². The summed E-state index contributed by atoms with van der Waals surface area (Å²) in [5.74, 6) is 2.19. The molecule has 0 bridgehead atoms. The van der Waals surface area contributed by atoms with Gasteiger partial charge in [-0.25, -0.2) is 0 Å². The van der Waals surface area contributed by atoms with Crippen molar-refractivity contribution in [2.75, 3.05) is 31.6 Å². The summed E-state index contributed by atoms with van der Waals surface area (Å²) < 4.78 is 11.3. The Morgan fingerprint density at radius 3 is 2.75 bits per heavy atom. The molecule has 1 fully saturated rings. The molecule has 0 amide bonds. The maximum Gasteiger partial charge on any atom is 0.233 e. The van der Waals surface area contributed by atoms with Crippen molar-refractivity contribution in [1.82, 2.24) is 20.5 Å². The van der Waals surface area contributed by atoms with Gasteiger partial charge in [0.25, 0.3) is 0 Å². The predicted octanol–water partition coefficient (Wildman–Crippen LogP) is 3.93. The lowest BCUT2D eigenvalue weighted by Crippen LogP contribution is -2.56. The Bertz CT molecular complexity index is 1140. The molecule has 1 atom stereocenters. The van der Waals surface area contributed by atoms with E-state index in [0.717, 1.165) is 53.3 Å². The number of rotatable bonds is 3. The molecule has 1 N–H and O–H groups in total. The molecule has 32 heavy (non-hydrogen) atoms. The van der Waals surface area contributed by atoms with Gasteiger partial charge in [0.15, 0.2) is 0 Å². The summed E-state index contributed by atoms with van der Waals surface area (Å²) >= 11 is 0. The second kappa shape index (κ2) is 8.06. The number of benzene rings is 1. The van der Waals surface area contributed by atoms with Crippen LogP contribution >= 0.6 is 0 Å². The highest BCUT2D eigenvalue weighted by Gasteiger charge is 2.30. The zero-order valence-electron chi connectivity index (χ0n) is 19.1. The quantitative estimate of drug-likeness (QED) is 0.674. The van der Waals surface area contributed by atoms with Crippen molar-refractivity contribution in [3.8, 4) is 34.0 Å². The molecule has 2 aromatic heterocycles. The Labute approximate surface area is 188 Å². The summed E-state index contributed by atoms with van der Waals surface area (Å²) in [6.45, 7) is 10.2. The number of nitrogens with one attached hydrogen (secondary N) is 1. The highest BCUT2D eigenvalue weighted by molar-refractivity contribution is 5.78. The monoisotopic (exact) mass is 431 g/mol. The maximum absolute atomic E-state index is 6.11. The van der Waals surface area contributed by atoms with Crippen molar-refractivity contribution in [1.29, 1.82) is 0 Å². The molecule has 2 aliphatic rings. The fourth-order valence-electron chi connectivity index (χ4n) is 4.37. The average Bonchev–Trinajstić information content (AvgIpc) is 2.82. The van der Waals surface area contributed by atoms with Gasteiger partial charge in [-0.15, -0.1) is 5.10 Å². The van der Waals surface area contributed by atoms with E-state index in [-0.39, 0.29) is 5.41 Å². The van der Waals surface area contributed by atoms with Crippen molar-refractivity contribution >= 4 is 5.82 Å². The molecule has 166 valence electrons. The van der Waals surface area contributed by atoms with Gasteiger partial charge in [0.2, 0.25) is 11.8 Å². The Morgan fingerprint density at radius 1 is 1.09 bits per heavy atom. The molecular weight excluding hydrogens is 402 g/mol. The van der Waals surface area contributed by atoms with Crippen LogP contribution in [0.3, 0.4) is 0 Å². The molecule has 0 aliphatic carbocycles. The maximum atomic E-state index is 6.11. The van der Waals surface area contributed by atoms with Crippen LogP contribution in [0.2, 0.25) is 0 Å². The van der Waals surface area contributed by atoms with E-state index in [9.17, 15) is 0 Å². The third-order valence-corrected chi connectivity index (χ3v) is 6.32. The number of nitrogens with zero attached hydrogens (tertiary/aromatic N) is 4. The van der Waals surface area contributed by atoms with E-state index in [4.69, 9.17) is 14.5 Å². The minimum absolute atomic E-state index is 0.203. The molecule has 3 aromatic rings. The fourth-order valence-corrected chi connectivity index (χ4v) is 4.37. The Balaban J connectivity index is 1.42. The number of fused-ring (bicyclic) bond motifs is 3. The van der Waals surface area contributed by atoms with E-state index < -0.39 is 0 Å². The van der Waals surface area contributed by atoms with Gasteiger partial charge >= 0.3 is 0 Å². The lowest BCUT2D eigenvalue weighted by Gasteiger charge is -2.41. The average molecular weight is 432 g/mol. The first-order valence-corrected chi connectivity index (χ1v) is 11.0. The van der Waals surface area contributed by atoms with Crippen LogP contribution < -0.4 is 19.7 Å². The predicted molar refractivity (Wildman–Crippen MR) is 125 cm³/mol. The molecule has 0 saturated carbocycles. The number of hydrogen-bond donors (Lipinski definition) is 1. The molecule has 5 rings (SSSR count). The normalized spacial score (nSPS) is 17.9. The molecule has 7 nitrogen and oxygen atoms in total. The van der Waals surface area contributed by atoms with Crippen LogP contribution in [0, 0.1) is 5.41 Å². The van der Waals surface area contributed by atoms with Crippen LogP contribution in [0.4, 0.5) is 5.82 Å². The molecule has 0 unspecified atom stereocenters. The summed E-state index contributed by atoms with van der Waals surface area (Å²) in [5.41, 5.74) is 5.56. The Kier molecular flexibility index (Phi) is 5.21. The molecule has 1 aromatic carbocycles. The van der Waals surface area contributed by atoms with Crippen molar-refractivity contribution < 1.29 is 9.47 Å². The third-order valence-electron chi connectivity index (χ3n) is 6.32. The fraction of sp³-hybridized carbons (Fsp3) is 0.400. The Hall–Kier alpha value is -3.19. The van der Waals surface area contributed by atoms with Gasteiger partial charge in [0.1, 0.15) is 12.4 Å². The first-order chi connectivity index (χ1) is 15.4. The molecule has 0 spiro atoms. The van der Waals surface area contributed by atoms with Crippen LogP contribution in [0.5, 0.6) is 11.8 Å². The molecule has 1 saturated heterocycles. The van der Waals surface area contributed by atoms with Gasteiger partial charge in [-0.2, -0.15) is 10.1 Å². The van der Waals surface area contributed by atoms with Crippen molar-refractivity contribution in [3.05, 3.63) is 48.2 Å². The highest BCUT2D eigenvalue weighted by atomic mass is 16.5. The number of piperazine rings is 1. The summed E-state index contributed by atoms with van der Waals surface area (Å²) in [7, 11) is 1.59. The minimum Gasteiger partial charge on any atom is -0.480 e. The van der Waals surface area contributed by atoms with Gasteiger partial charge in [-0.3, -0.25) is 0 Å². The minimum atomic E-state index is 0.203. The molecule has 4 heterocycles. The topological polar surface area (TPSA) is 72.4 Å². The molecule has 0 radical (unpaired) electrons. The number of hydrogen-bond acceptors (Lipinski definition) is 7. The summed E-state index contributed by atoms with van der Waals surface area (Å²) in [5, 5.41) is 11.6. The lowest BCUT2D eigenvalue weighted by atomic mass is 9.85. The zero-order valence-corrected chi connectivity index (χ0v) is 19.1. The van der Waals surface area contributed by atoms with Crippen LogP contribution in [0.15, 0.2) is 42.6 Å². The highest BCUT2D eigenvalue weighted by Crippen LogP contribution is 2.39. The molecular formula is C25H29N5O2. The van der Waals surface area contributed by atoms with E-state index in [0.29, 0.717) is 24.4 Å². The van der Waals surface area contributed by atoms with E-state index >= 15 is 0 Å². The van der Waals surface area contributed by atoms with Gasteiger partial charge in [0, 0.05) is 42.9 Å². The van der Waals surface area contributed by atoms with E-state index in [1.807, 2.05) is 6.07 Å². The molecule has 2 aliphatic heterocycles. The first kappa shape index (κ1) is 20.7. The van der Waals surface area contributed by atoms with Gasteiger partial charge in [-0.1, -0.05) is 32.9 Å². The largest absolute Gasteiger partial charge is 0.480 e. The smallest absolute Gasteiger partial charge is 0.233 e. The van der Waals surface area contributed by atoms with Crippen LogP contribution in [-0.2, 0) is 6.61 Å². The van der Waals surface area contributed by atoms with Crippen molar-refractivity contribution in [3.63, 3.8) is 0 Å². The zero-order chi connectivity index (χ0) is 22.3. The number of anilines is 1. The third kappa shape index (κ3) is 3.88. The lowest BCUT2D eigenvalue weighted by molar-refractivity contribution is 0.252. The number of pyridine rings is 1. The van der Waals surface area contributed by atoms with E-state index in [1.54, 1.807) is 13.3 Å². The number of methoxy groups -OCH3 is 1. The summed E-state index contributed by atoms with van der Waals surface area (Å²) in [6.07, 6.45) is 1.74. The van der Waals surface area contributed by atoms with Gasteiger partial charge in [-0.05, 0) is 40.3 Å². The van der Waals surface area contributed by atoms with Crippen molar-refractivity contribution in [2.24, 2.45) is 5.41 Å². The van der Waals surface area contributed by atoms with Crippen molar-refractivity contribution in [2.45, 2.75) is 33.4 Å². The Morgan fingerprint density at radius 2 is 1.94 bits per heavy atom. The van der Waals surface area contributed by atoms with E-state index in [2.05, 4.69) is 71.5 Å². The molecule has 7 heteroatoms. The standard InChI is InChI=1S/C25H29N5O2/c1-25(2,3)21-14-30(10-9-26-21)22-8-7-20-19-6-5-16(11-18(19)15-32-24(20)28-22)17-12-23(31-4)29-27-13-17/h5-8,11-13,21,26H,9-10,14-15H2,1-4H3/t21-/m1/s1. The summed E-state index contributed by atoms with van der Waals surface area (Å²) in [6, 6.07) is 13.0. The van der Waals surface area contributed by atoms with E-state index in [1.165, 1.54) is 0 Å². The first-order valence-electron chi connectivity index (χ1n) is 11.0. The second-order valence-electron chi connectivity index (χ2n) is 9.49. The van der Waals surface area contributed by atoms with Crippen LogP contribution in [0.1, 0.15) is 26.3 Å². The summed E-state index contributed by atoms with van der Waals surface area (Å²) in [4.78, 5) is 7.26. The SMILES string of the molecule is COc1cc(-c2ccc3c(c2)COc2nc(N4CCN[C@@H](C(C)(C)C)C4)ccc2-3)cnn1. The van der Waals surface area contributed by atoms with Gasteiger partial charge in [0.05, 0.1) is 13.3 Å². The number of ether oxygens (including phenoxy) is 2. The number of aromatic nitrogens is 3. The van der Waals surface area contributed by atoms with Crippen LogP contribution in [0.25, 0.3) is 22.3 Å².